The van der Waals surface area contributed by atoms with Gasteiger partial charge >= 0.3 is 0 Å². The number of fused-ring (bicyclic) bond motifs is 1. The van der Waals surface area contributed by atoms with Crippen LogP contribution in [0.5, 0.6) is 11.5 Å². The first-order valence-corrected chi connectivity index (χ1v) is 8.90. The summed E-state index contributed by atoms with van der Waals surface area (Å²) in [5.74, 6) is 1.22. The van der Waals surface area contributed by atoms with Crippen LogP contribution >= 0.6 is 11.3 Å². The van der Waals surface area contributed by atoms with Crippen molar-refractivity contribution in [3.63, 3.8) is 0 Å². The first kappa shape index (κ1) is 16.3. The monoisotopic (exact) mass is 365 g/mol. The molecule has 1 aliphatic rings. The molecule has 0 fully saturated rings. The Morgan fingerprint density at radius 2 is 2.08 bits per heavy atom. The molecule has 0 atom stereocenters. The van der Waals surface area contributed by atoms with Gasteiger partial charge < -0.3 is 9.47 Å². The normalized spacial score (nSPS) is 12.9. The lowest BCUT2D eigenvalue weighted by atomic mass is 10.1. The predicted molar refractivity (Wildman–Crippen MR) is 100 cm³/mol. The van der Waals surface area contributed by atoms with Gasteiger partial charge in [0.05, 0.1) is 5.69 Å². The van der Waals surface area contributed by atoms with E-state index in [1.807, 2.05) is 35.7 Å². The highest BCUT2D eigenvalue weighted by Gasteiger charge is 2.14. The van der Waals surface area contributed by atoms with Crippen LogP contribution in [-0.2, 0) is 4.79 Å². The molecular formula is C19H15N3O3S. The van der Waals surface area contributed by atoms with Crippen molar-refractivity contribution >= 4 is 28.5 Å². The van der Waals surface area contributed by atoms with Gasteiger partial charge in [-0.25, -0.2) is 4.98 Å². The highest BCUT2D eigenvalue weighted by atomic mass is 32.1. The summed E-state index contributed by atoms with van der Waals surface area (Å²) in [6, 6.07) is 9.39. The lowest BCUT2D eigenvalue weighted by Crippen LogP contribution is -2.15. The van der Waals surface area contributed by atoms with E-state index in [1.165, 1.54) is 17.4 Å². The molecule has 3 aromatic rings. The topological polar surface area (TPSA) is 73.3 Å². The van der Waals surface area contributed by atoms with Crippen molar-refractivity contribution in [1.82, 2.24) is 9.97 Å². The Morgan fingerprint density at radius 1 is 1.19 bits per heavy atom. The van der Waals surface area contributed by atoms with Crippen LogP contribution in [0.1, 0.15) is 5.56 Å². The van der Waals surface area contributed by atoms with Crippen LogP contribution < -0.4 is 14.8 Å². The number of pyridine rings is 1. The number of hydrogen-bond donors (Lipinski definition) is 1. The van der Waals surface area contributed by atoms with Gasteiger partial charge in [0, 0.05) is 29.4 Å². The summed E-state index contributed by atoms with van der Waals surface area (Å²) in [5, 5.41) is 5.20. The second-order valence-electron chi connectivity index (χ2n) is 5.51. The zero-order chi connectivity index (χ0) is 17.8. The van der Waals surface area contributed by atoms with E-state index in [1.54, 1.807) is 18.5 Å². The second kappa shape index (κ2) is 7.37. The van der Waals surface area contributed by atoms with Crippen LogP contribution in [0.3, 0.4) is 0 Å². The summed E-state index contributed by atoms with van der Waals surface area (Å²) < 4.78 is 11.1. The molecule has 1 aromatic carbocycles. The molecule has 130 valence electrons. The molecule has 6 nitrogen and oxygen atoms in total. The molecule has 0 aliphatic carbocycles. The van der Waals surface area contributed by atoms with Gasteiger partial charge in [0.15, 0.2) is 16.6 Å². The number of nitrogens with one attached hydrogen (secondary N) is 1. The summed E-state index contributed by atoms with van der Waals surface area (Å²) in [5.41, 5.74) is 2.55. The summed E-state index contributed by atoms with van der Waals surface area (Å²) in [6.45, 7) is 1.10. The number of thiazole rings is 1. The lowest BCUT2D eigenvalue weighted by Gasteiger charge is -2.18. The fourth-order valence-electron chi connectivity index (χ4n) is 2.46. The minimum absolute atomic E-state index is 0.239. The van der Waals surface area contributed by atoms with Crippen LogP contribution in [0, 0.1) is 0 Å². The second-order valence-corrected chi connectivity index (χ2v) is 6.36. The van der Waals surface area contributed by atoms with Crippen molar-refractivity contribution in [3.8, 4) is 22.8 Å². The van der Waals surface area contributed by atoms with E-state index in [4.69, 9.17) is 9.47 Å². The van der Waals surface area contributed by atoms with Crippen LogP contribution in [0.4, 0.5) is 5.13 Å². The maximum atomic E-state index is 12.0. The quantitative estimate of drug-likeness (QED) is 0.715. The Balaban J connectivity index is 1.45. The Morgan fingerprint density at radius 3 is 2.92 bits per heavy atom. The molecule has 2 aromatic heterocycles. The largest absolute Gasteiger partial charge is 0.486 e. The molecular weight excluding hydrogens is 350 g/mol. The summed E-state index contributed by atoms with van der Waals surface area (Å²) >= 11 is 1.37. The van der Waals surface area contributed by atoms with E-state index in [0.717, 1.165) is 22.6 Å². The first-order chi connectivity index (χ1) is 12.8. The molecule has 3 heterocycles. The van der Waals surface area contributed by atoms with Gasteiger partial charge in [-0.1, -0.05) is 6.07 Å². The number of ether oxygens (including phenoxy) is 2. The third-order valence-electron chi connectivity index (χ3n) is 3.68. The van der Waals surface area contributed by atoms with E-state index in [9.17, 15) is 4.79 Å². The van der Waals surface area contributed by atoms with Crippen molar-refractivity contribution in [1.29, 1.82) is 0 Å². The van der Waals surface area contributed by atoms with Crippen molar-refractivity contribution < 1.29 is 14.3 Å². The Labute approximate surface area is 154 Å². The number of amides is 1. The Kier molecular flexibility index (Phi) is 4.61. The average molecular weight is 365 g/mol. The summed E-state index contributed by atoms with van der Waals surface area (Å²) in [4.78, 5) is 20.5. The van der Waals surface area contributed by atoms with Crippen LogP contribution in [0.25, 0.3) is 17.3 Å². The van der Waals surface area contributed by atoms with Crippen LogP contribution in [0.2, 0.25) is 0 Å². The molecule has 1 N–H and O–H groups in total. The first-order valence-electron chi connectivity index (χ1n) is 8.02. The lowest BCUT2D eigenvalue weighted by molar-refractivity contribution is -0.111. The maximum absolute atomic E-state index is 12.0. The SMILES string of the molecule is O=C(C=Cc1cccnc1)Nc1nc(-c2ccc3c(c2)OCCO3)cs1. The molecule has 1 aliphatic heterocycles. The van der Waals surface area contributed by atoms with Crippen molar-refractivity contribution in [2.24, 2.45) is 0 Å². The fraction of sp³-hybridized carbons (Fsp3) is 0.105. The van der Waals surface area contributed by atoms with E-state index >= 15 is 0 Å². The minimum atomic E-state index is -0.239. The number of anilines is 1. The van der Waals surface area contributed by atoms with Crippen LogP contribution in [-0.4, -0.2) is 29.1 Å². The molecule has 0 spiro atoms. The number of benzene rings is 1. The standard InChI is InChI=1S/C19H15N3O3S/c23-18(6-3-13-2-1-7-20-11-13)22-19-21-15(12-26-19)14-4-5-16-17(10-14)25-9-8-24-16/h1-7,10-12H,8-9H2,(H,21,22,23). The van der Waals surface area contributed by atoms with Crippen LogP contribution in [0.15, 0.2) is 54.2 Å². The molecule has 0 radical (unpaired) electrons. The molecule has 0 saturated heterocycles. The smallest absolute Gasteiger partial charge is 0.250 e. The van der Waals surface area contributed by atoms with E-state index in [2.05, 4.69) is 15.3 Å². The molecule has 0 bridgehead atoms. The van der Waals surface area contributed by atoms with Gasteiger partial charge in [0.2, 0.25) is 5.91 Å². The minimum Gasteiger partial charge on any atom is -0.486 e. The zero-order valence-corrected chi connectivity index (χ0v) is 14.5. The third kappa shape index (κ3) is 3.73. The number of carbonyl (C=O) groups is 1. The number of rotatable bonds is 4. The van der Waals surface area contributed by atoms with Gasteiger partial charge in [-0.3, -0.25) is 15.1 Å². The number of aromatic nitrogens is 2. The molecule has 4 rings (SSSR count). The predicted octanol–water partition coefficient (Wildman–Crippen LogP) is 3.63. The van der Waals surface area contributed by atoms with Gasteiger partial charge in [0.25, 0.3) is 0 Å². The fourth-order valence-corrected chi connectivity index (χ4v) is 3.18. The van der Waals surface area contributed by atoms with Gasteiger partial charge in [-0.15, -0.1) is 11.3 Å². The van der Waals surface area contributed by atoms with Gasteiger partial charge in [-0.2, -0.15) is 0 Å². The van der Waals surface area contributed by atoms with Gasteiger partial charge in [-0.05, 0) is 35.9 Å². The van der Waals surface area contributed by atoms with E-state index < -0.39 is 0 Å². The van der Waals surface area contributed by atoms with Crippen molar-refractivity contribution in [2.45, 2.75) is 0 Å². The van der Waals surface area contributed by atoms with E-state index in [0.29, 0.717) is 24.1 Å². The number of carbonyl (C=O) groups excluding carboxylic acids is 1. The molecule has 0 saturated carbocycles. The average Bonchev–Trinajstić information content (AvgIpc) is 3.15. The molecule has 7 heteroatoms. The molecule has 1 amide bonds. The Hall–Kier alpha value is -3.19. The van der Waals surface area contributed by atoms with E-state index in [-0.39, 0.29) is 5.91 Å². The maximum Gasteiger partial charge on any atom is 0.250 e. The molecule has 0 unspecified atom stereocenters. The summed E-state index contributed by atoms with van der Waals surface area (Å²) in [6.07, 6.45) is 6.54. The van der Waals surface area contributed by atoms with Crippen molar-refractivity contribution in [2.75, 3.05) is 18.5 Å². The highest BCUT2D eigenvalue weighted by Crippen LogP contribution is 2.35. The molecule has 26 heavy (non-hydrogen) atoms. The van der Waals surface area contributed by atoms with Crippen molar-refractivity contribution in [3.05, 3.63) is 59.7 Å². The summed E-state index contributed by atoms with van der Waals surface area (Å²) in [7, 11) is 0. The third-order valence-corrected chi connectivity index (χ3v) is 4.44. The van der Waals surface area contributed by atoms with Gasteiger partial charge in [0.1, 0.15) is 13.2 Å². The number of hydrogen-bond acceptors (Lipinski definition) is 6. The Bertz CT molecular complexity index is 954. The zero-order valence-electron chi connectivity index (χ0n) is 13.7. The highest BCUT2D eigenvalue weighted by molar-refractivity contribution is 7.14. The number of nitrogens with zero attached hydrogens (tertiary/aromatic N) is 2.